The number of hydrogen-bond donors (Lipinski definition) is 2. The topological polar surface area (TPSA) is 76.0 Å². The van der Waals surface area contributed by atoms with Gasteiger partial charge in [-0.1, -0.05) is 24.3 Å². The first-order valence-corrected chi connectivity index (χ1v) is 6.30. The van der Waals surface area contributed by atoms with E-state index in [-0.39, 0.29) is 23.7 Å². The Labute approximate surface area is 115 Å². The van der Waals surface area contributed by atoms with Gasteiger partial charge in [-0.2, -0.15) is 5.10 Å². The molecule has 2 aliphatic rings. The molecule has 2 amide bonds. The third-order valence-electron chi connectivity index (χ3n) is 3.39. The average molecular weight is 270 g/mol. The maximum absolute atomic E-state index is 12.3. The number of anilines is 1. The van der Waals surface area contributed by atoms with Crippen molar-refractivity contribution in [1.29, 1.82) is 0 Å². The van der Waals surface area contributed by atoms with Gasteiger partial charge in [-0.3, -0.25) is 14.3 Å². The zero-order valence-electron chi connectivity index (χ0n) is 10.9. The predicted octanol–water partition coefficient (Wildman–Crippen LogP) is 0.731. The summed E-state index contributed by atoms with van der Waals surface area (Å²) in [5, 5.41) is 9.41. The molecule has 2 atom stereocenters. The second-order valence-corrected chi connectivity index (χ2v) is 4.79. The van der Waals surface area contributed by atoms with Crippen molar-refractivity contribution in [2.45, 2.75) is 0 Å². The molecule has 6 nitrogen and oxygen atoms in total. The highest BCUT2D eigenvalue weighted by molar-refractivity contribution is 6.06. The highest BCUT2D eigenvalue weighted by Crippen LogP contribution is 2.30. The highest BCUT2D eigenvalue weighted by Gasteiger charge is 2.34. The quantitative estimate of drug-likeness (QED) is 0.832. The number of amides is 2. The van der Waals surface area contributed by atoms with Crippen LogP contribution in [0.25, 0.3) is 0 Å². The zero-order valence-corrected chi connectivity index (χ0v) is 10.9. The second kappa shape index (κ2) is 4.80. The number of aryl methyl sites for hydroxylation is 1. The Morgan fingerprint density at radius 3 is 2.80 bits per heavy atom. The minimum Gasteiger partial charge on any atom is -0.332 e. The number of rotatable bonds is 2. The zero-order chi connectivity index (χ0) is 14.1. The summed E-state index contributed by atoms with van der Waals surface area (Å²) in [7, 11) is 1.78. The monoisotopic (exact) mass is 270 g/mol. The maximum atomic E-state index is 12.3. The SMILES string of the molecule is Cn1cc(NC(=O)C2=CNC(=O)C3C=CC=CC23)cn1. The molecule has 1 aliphatic heterocycles. The van der Waals surface area contributed by atoms with Crippen LogP contribution in [-0.2, 0) is 16.6 Å². The van der Waals surface area contributed by atoms with Gasteiger partial charge >= 0.3 is 0 Å². The number of aromatic nitrogens is 2. The first kappa shape index (κ1) is 12.4. The van der Waals surface area contributed by atoms with E-state index in [0.717, 1.165) is 0 Å². The number of fused-ring (bicyclic) bond motifs is 1. The van der Waals surface area contributed by atoms with Gasteiger partial charge in [-0.15, -0.1) is 0 Å². The summed E-state index contributed by atoms with van der Waals surface area (Å²) in [4.78, 5) is 24.1. The average Bonchev–Trinajstić information content (AvgIpc) is 2.84. The summed E-state index contributed by atoms with van der Waals surface area (Å²) in [5.41, 5.74) is 1.17. The van der Waals surface area contributed by atoms with E-state index in [0.29, 0.717) is 11.3 Å². The molecule has 1 aromatic rings. The molecule has 0 fully saturated rings. The van der Waals surface area contributed by atoms with Gasteiger partial charge in [0.15, 0.2) is 0 Å². The third-order valence-corrected chi connectivity index (χ3v) is 3.39. The smallest absolute Gasteiger partial charge is 0.253 e. The fraction of sp³-hybridized carbons (Fsp3) is 0.214. The fourth-order valence-corrected chi connectivity index (χ4v) is 2.40. The third kappa shape index (κ3) is 2.16. The van der Waals surface area contributed by atoms with Gasteiger partial charge in [-0.25, -0.2) is 0 Å². The van der Waals surface area contributed by atoms with Crippen molar-refractivity contribution >= 4 is 17.5 Å². The van der Waals surface area contributed by atoms with Crippen molar-refractivity contribution in [3.8, 4) is 0 Å². The summed E-state index contributed by atoms with van der Waals surface area (Å²) in [6.45, 7) is 0. The van der Waals surface area contributed by atoms with Gasteiger partial charge in [0, 0.05) is 30.9 Å². The van der Waals surface area contributed by atoms with Crippen LogP contribution >= 0.6 is 0 Å². The number of carbonyl (C=O) groups is 2. The highest BCUT2D eigenvalue weighted by atomic mass is 16.2. The Hall–Kier alpha value is -2.63. The number of carbonyl (C=O) groups excluding carboxylic acids is 2. The Bertz CT molecular complexity index is 654. The van der Waals surface area contributed by atoms with E-state index in [4.69, 9.17) is 0 Å². The van der Waals surface area contributed by atoms with Gasteiger partial charge in [0.05, 0.1) is 17.8 Å². The van der Waals surface area contributed by atoms with Crippen molar-refractivity contribution in [1.82, 2.24) is 15.1 Å². The van der Waals surface area contributed by atoms with E-state index in [1.807, 2.05) is 24.3 Å². The van der Waals surface area contributed by atoms with Crippen molar-refractivity contribution in [3.05, 3.63) is 48.5 Å². The standard InChI is InChI=1S/C14H14N4O2/c1-18-8-9(6-16-18)17-14(20)12-7-15-13(19)11-5-3-2-4-10(11)12/h2-8,10-11H,1H3,(H,15,19)(H,17,20). The van der Waals surface area contributed by atoms with Gasteiger partial charge < -0.3 is 10.6 Å². The Balaban J connectivity index is 1.82. The number of allylic oxidation sites excluding steroid dienone is 3. The summed E-state index contributed by atoms with van der Waals surface area (Å²) >= 11 is 0. The van der Waals surface area contributed by atoms with Crippen LogP contribution in [-0.4, -0.2) is 21.6 Å². The summed E-state index contributed by atoms with van der Waals surface area (Å²) in [5.74, 6) is -0.855. The molecule has 2 heterocycles. The van der Waals surface area contributed by atoms with Crippen LogP contribution in [0.2, 0.25) is 0 Å². The lowest BCUT2D eigenvalue weighted by Gasteiger charge is -2.28. The number of nitrogens with one attached hydrogen (secondary N) is 2. The lowest BCUT2D eigenvalue weighted by Crippen LogP contribution is -2.40. The summed E-state index contributed by atoms with van der Waals surface area (Å²) < 4.78 is 1.61. The Morgan fingerprint density at radius 2 is 2.10 bits per heavy atom. The van der Waals surface area contributed by atoms with Crippen LogP contribution < -0.4 is 10.6 Å². The predicted molar refractivity (Wildman–Crippen MR) is 73.3 cm³/mol. The Morgan fingerprint density at radius 1 is 1.35 bits per heavy atom. The molecule has 0 saturated carbocycles. The van der Waals surface area contributed by atoms with Gasteiger partial charge in [0.25, 0.3) is 5.91 Å². The largest absolute Gasteiger partial charge is 0.332 e. The van der Waals surface area contributed by atoms with E-state index in [1.165, 1.54) is 6.20 Å². The van der Waals surface area contributed by atoms with Crippen LogP contribution in [0.3, 0.4) is 0 Å². The molecule has 2 N–H and O–H groups in total. The molecule has 20 heavy (non-hydrogen) atoms. The fourth-order valence-electron chi connectivity index (χ4n) is 2.40. The van der Waals surface area contributed by atoms with E-state index in [9.17, 15) is 9.59 Å². The molecular weight excluding hydrogens is 256 g/mol. The van der Waals surface area contributed by atoms with E-state index in [1.54, 1.807) is 24.1 Å². The number of nitrogens with zero attached hydrogens (tertiary/aromatic N) is 2. The van der Waals surface area contributed by atoms with Gasteiger partial charge in [0.2, 0.25) is 5.91 Å². The summed E-state index contributed by atoms with van der Waals surface area (Å²) in [6.07, 6.45) is 12.1. The van der Waals surface area contributed by atoms with Crippen molar-refractivity contribution in [2.75, 3.05) is 5.32 Å². The van der Waals surface area contributed by atoms with Crippen LogP contribution in [0.1, 0.15) is 0 Å². The molecule has 6 heteroatoms. The van der Waals surface area contributed by atoms with Gasteiger partial charge in [-0.05, 0) is 0 Å². The minimum atomic E-state index is -0.320. The van der Waals surface area contributed by atoms with Crippen molar-refractivity contribution in [2.24, 2.45) is 18.9 Å². The Kier molecular flexibility index (Phi) is 2.98. The van der Waals surface area contributed by atoms with Crippen LogP contribution in [0.4, 0.5) is 5.69 Å². The molecule has 0 spiro atoms. The first-order valence-electron chi connectivity index (χ1n) is 6.30. The van der Waals surface area contributed by atoms with E-state index < -0.39 is 0 Å². The van der Waals surface area contributed by atoms with Crippen LogP contribution in [0.5, 0.6) is 0 Å². The lowest BCUT2D eigenvalue weighted by molar-refractivity contribution is -0.124. The second-order valence-electron chi connectivity index (χ2n) is 4.79. The van der Waals surface area contributed by atoms with Crippen molar-refractivity contribution in [3.63, 3.8) is 0 Å². The normalized spacial score (nSPS) is 23.9. The molecule has 0 aromatic carbocycles. The maximum Gasteiger partial charge on any atom is 0.253 e. The lowest BCUT2D eigenvalue weighted by atomic mass is 9.80. The molecule has 0 radical (unpaired) electrons. The first-order chi connectivity index (χ1) is 9.65. The molecule has 0 saturated heterocycles. The molecule has 0 bridgehead atoms. The van der Waals surface area contributed by atoms with E-state index in [2.05, 4.69) is 15.7 Å². The number of hydrogen-bond acceptors (Lipinski definition) is 3. The van der Waals surface area contributed by atoms with Crippen molar-refractivity contribution < 1.29 is 9.59 Å². The molecule has 2 unspecified atom stereocenters. The van der Waals surface area contributed by atoms with E-state index >= 15 is 0 Å². The molecule has 3 rings (SSSR count). The molecule has 102 valence electrons. The van der Waals surface area contributed by atoms with Crippen LogP contribution in [0.15, 0.2) is 48.5 Å². The molecular formula is C14H14N4O2. The minimum absolute atomic E-state index is 0.0893. The van der Waals surface area contributed by atoms with Gasteiger partial charge in [0.1, 0.15) is 0 Å². The van der Waals surface area contributed by atoms with Crippen LogP contribution in [0, 0.1) is 11.8 Å². The molecule has 1 aliphatic carbocycles. The summed E-state index contributed by atoms with van der Waals surface area (Å²) in [6, 6.07) is 0. The molecule has 1 aromatic heterocycles.